The zero-order valence-corrected chi connectivity index (χ0v) is 12.2. The molecule has 1 atom stereocenters. The smallest absolute Gasteiger partial charge is 0.0624 e. The van der Waals surface area contributed by atoms with Crippen molar-refractivity contribution in [3.63, 3.8) is 0 Å². The number of aromatic nitrogens is 4. The highest BCUT2D eigenvalue weighted by Gasteiger charge is 2.15. The molecule has 2 aromatic heterocycles. The summed E-state index contributed by atoms with van der Waals surface area (Å²) in [6.07, 6.45) is 5.91. The molecule has 0 amide bonds. The predicted octanol–water partition coefficient (Wildman–Crippen LogP) is 1.70. The molecule has 0 bridgehead atoms. The van der Waals surface area contributed by atoms with Crippen LogP contribution in [0.4, 0.5) is 0 Å². The average Bonchev–Trinajstić information content (AvgIpc) is 3.01. The quantitative estimate of drug-likeness (QED) is 0.861. The molecule has 0 saturated carbocycles. The summed E-state index contributed by atoms with van der Waals surface area (Å²) in [5.41, 5.74) is 3.66. The molecule has 0 aliphatic carbocycles. The molecular weight excluding hydrogens is 238 g/mol. The summed E-state index contributed by atoms with van der Waals surface area (Å²) < 4.78 is 3.94. The molecule has 0 spiro atoms. The van der Waals surface area contributed by atoms with Crippen LogP contribution in [0.5, 0.6) is 0 Å². The molecule has 1 N–H and O–H groups in total. The summed E-state index contributed by atoms with van der Waals surface area (Å²) in [6, 6.07) is 2.49. The molecule has 1 unspecified atom stereocenters. The molecule has 5 heteroatoms. The molecule has 2 heterocycles. The number of likely N-dealkylation sites (N-methyl/N-ethyl adjacent to an activating group) is 1. The van der Waals surface area contributed by atoms with Crippen LogP contribution in [0.25, 0.3) is 0 Å². The Morgan fingerprint density at radius 2 is 2.16 bits per heavy atom. The van der Waals surface area contributed by atoms with Gasteiger partial charge in [-0.3, -0.25) is 9.36 Å². The van der Waals surface area contributed by atoms with E-state index in [0.717, 1.165) is 25.1 Å². The van der Waals surface area contributed by atoms with Gasteiger partial charge in [0.2, 0.25) is 0 Å². The molecule has 5 nitrogen and oxygen atoms in total. The fourth-order valence-electron chi connectivity index (χ4n) is 2.34. The second-order valence-electron chi connectivity index (χ2n) is 4.79. The van der Waals surface area contributed by atoms with Crippen molar-refractivity contribution in [3.8, 4) is 0 Å². The summed E-state index contributed by atoms with van der Waals surface area (Å²) in [5.74, 6) is 0. The van der Waals surface area contributed by atoms with E-state index in [1.165, 1.54) is 11.3 Å². The van der Waals surface area contributed by atoms with Crippen molar-refractivity contribution < 1.29 is 0 Å². The lowest BCUT2D eigenvalue weighted by molar-refractivity contribution is 0.540. The summed E-state index contributed by atoms with van der Waals surface area (Å²) in [6.45, 7) is 5.19. The third-order valence-electron chi connectivity index (χ3n) is 3.46. The van der Waals surface area contributed by atoms with Gasteiger partial charge in [0.05, 0.1) is 11.9 Å². The summed E-state index contributed by atoms with van der Waals surface area (Å²) >= 11 is 0. The van der Waals surface area contributed by atoms with E-state index in [-0.39, 0.29) is 6.04 Å². The lowest BCUT2D eigenvalue weighted by atomic mass is 10.1. The number of hydrogen-bond donors (Lipinski definition) is 1. The van der Waals surface area contributed by atoms with Gasteiger partial charge >= 0.3 is 0 Å². The van der Waals surface area contributed by atoms with Crippen molar-refractivity contribution in [3.05, 3.63) is 35.4 Å². The first-order valence-electron chi connectivity index (χ1n) is 6.89. The Kier molecular flexibility index (Phi) is 4.37. The average molecular weight is 261 g/mol. The SMILES string of the molecule is CCc1cc(CC(NC)c2cnn(C)c2)n(CC)n1. The minimum atomic E-state index is 0.278. The van der Waals surface area contributed by atoms with E-state index in [1.807, 2.05) is 25.0 Å². The van der Waals surface area contributed by atoms with E-state index in [4.69, 9.17) is 0 Å². The van der Waals surface area contributed by atoms with E-state index in [0.29, 0.717) is 0 Å². The number of rotatable bonds is 6. The standard InChI is InChI=1S/C14H23N5/c1-5-12-7-13(19(6-2)17-12)8-14(15-3)11-9-16-18(4)10-11/h7,9-10,14-15H,5-6,8H2,1-4H3. The highest BCUT2D eigenvalue weighted by Crippen LogP contribution is 2.18. The van der Waals surface area contributed by atoms with E-state index >= 15 is 0 Å². The van der Waals surface area contributed by atoms with Gasteiger partial charge in [-0.05, 0) is 26.5 Å². The Bertz CT molecular complexity index is 526. The number of aryl methyl sites for hydroxylation is 3. The Morgan fingerprint density at radius 3 is 2.68 bits per heavy atom. The molecule has 0 fully saturated rings. The minimum absolute atomic E-state index is 0.278. The van der Waals surface area contributed by atoms with Gasteiger partial charge in [-0.1, -0.05) is 6.92 Å². The molecular formula is C14H23N5. The maximum atomic E-state index is 4.60. The Balaban J connectivity index is 2.20. The van der Waals surface area contributed by atoms with Crippen LogP contribution < -0.4 is 5.32 Å². The van der Waals surface area contributed by atoms with Crippen molar-refractivity contribution in [2.75, 3.05) is 7.05 Å². The third-order valence-corrected chi connectivity index (χ3v) is 3.46. The van der Waals surface area contributed by atoms with Crippen LogP contribution in [0.1, 0.15) is 36.8 Å². The van der Waals surface area contributed by atoms with Crippen LogP contribution in [-0.4, -0.2) is 26.6 Å². The zero-order valence-electron chi connectivity index (χ0n) is 12.2. The largest absolute Gasteiger partial charge is 0.313 e. The van der Waals surface area contributed by atoms with E-state index in [2.05, 4.69) is 46.3 Å². The van der Waals surface area contributed by atoms with Crippen molar-refractivity contribution in [1.29, 1.82) is 0 Å². The van der Waals surface area contributed by atoms with Crippen molar-refractivity contribution in [1.82, 2.24) is 24.9 Å². The first kappa shape index (κ1) is 13.8. The first-order valence-corrected chi connectivity index (χ1v) is 6.89. The lowest BCUT2D eigenvalue weighted by Crippen LogP contribution is -2.20. The van der Waals surface area contributed by atoms with Gasteiger partial charge in [-0.2, -0.15) is 10.2 Å². The Labute approximate surface area is 114 Å². The van der Waals surface area contributed by atoms with Crippen molar-refractivity contribution >= 4 is 0 Å². The van der Waals surface area contributed by atoms with Gasteiger partial charge in [-0.25, -0.2) is 0 Å². The van der Waals surface area contributed by atoms with Crippen LogP contribution in [0, 0.1) is 0 Å². The topological polar surface area (TPSA) is 47.7 Å². The van der Waals surface area contributed by atoms with E-state index in [1.54, 1.807) is 0 Å². The molecule has 0 aliphatic heterocycles. The van der Waals surface area contributed by atoms with Crippen LogP contribution in [0.15, 0.2) is 18.5 Å². The summed E-state index contributed by atoms with van der Waals surface area (Å²) in [5, 5.41) is 12.2. The molecule has 0 aromatic carbocycles. The number of hydrogen-bond acceptors (Lipinski definition) is 3. The molecule has 104 valence electrons. The third kappa shape index (κ3) is 3.04. The predicted molar refractivity (Wildman–Crippen MR) is 76.0 cm³/mol. The van der Waals surface area contributed by atoms with Crippen LogP contribution in [0.3, 0.4) is 0 Å². The first-order chi connectivity index (χ1) is 9.17. The highest BCUT2D eigenvalue weighted by molar-refractivity contribution is 5.17. The number of nitrogens with one attached hydrogen (secondary N) is 1. The summed E-state index contributed by atoms with van der Waals surface area (Å²) in [4.78, 5) is 0. The zero-order chi connectivity index (χ0) is 13.8. The van der Waals surface area contributed by atoms with Crippen molar-refractivity contribution in [2.24, 2.45) is 7.05 Å². The lowest BCUT2D eigenvalue weighted by Gasteiger charge is -2.15. The monoisotopic (exact) mass is 261 g/mol. The normalized spacial score (nSPS) is 12.8. The summed E-state index contributed by atoms with van der Waals surface area (Å²) in [7, 11) is 3.94. The molecule has 2 rings (SSSR count). The van der Waals surface area contributed by atoms with Gasteiger partial charge in [0, 0.05) is 43.5 Å². The van der Waals surface area contributed by atoms with Gasteiger partial charge in [0.25, 0.3) is 0 Å². The van der Waals surface area contributed by atoms with Crippen LogP contribution in [-0.2, 0) is 26.4 Å². The van der Waals surface area contributed by atoms with E-state index in [9.17, 15) is 0 Å². The maximum Gasteiger partial charge on any atom is 0.0624 e. The molecule has 19 heavy (non-hydrogen) atoms. The van der Waals surface area contributed by atoms with Crippen LogP contribution >= 0.6 is 0 Å². The van der Waals surface area contributed by atoms with Gasteiger partial charge < -0.3 is 5.32 Å². The Hall–Kier alpha value is -1.62. The van der Waals surface area contributed by atoms with Gasteiger partial charge in [0.15, 0.2) is 0 Å². The van der Waals surface area contributed by atoms with E-state index < -0.39 is 0 Å². The fourth-order valence-corrected chi connectivity index (χ4v) is 2.34. The molecule has 0 aliphatic rings. The van der Waals surface area contributed by atoms with Gasteiger partial charge in [0.1, 0.15) is 0 Å². The maximum absolute atomic E-state index is 4.60. The Morgan fingerprint density at radius 1 is 1.37 bits per heavy atom. The molecule has 0 saturated heterocycles. The minimum Gasteiger partial charge on any atom is -0.313 e. The van der Waals surface area contributed by atoms with Crippen molar-refractivity contribution in [2.45, 2.75) is 39.3 Å². The van der Waals surface area contributed by atoms with Gasteiger partial charge in [-0.15, -0.1) is 0 Å². The molecule has 0 radical (unpaired) electrons. The second kappa shape index (κ2) is 6.02. The fraction of sp³-hybridized carbons (Fsp3) is 0.571. The highest BCUT2D eigenvalue weighted by atomic mass is 15.3. The van der Waals surface area contributed by atoms with Crippen LogP contribution in [0.2, 0.25) is 0 Å². The molecule has 2 aromatic rings. The number of nitrogens with zero attached hydrogens (tertiary/aromatic N) is 4. The second-order valence-corrected chi connectivity index (χ2v) is 4.79.